The fourth-order valence-electron chi connectivity index (χ4n) is 2.14. The van der Waals surface area contributed by atoms with Gasteiger partial charge in [-0.15, -0.1) is 0 Å². The summed E-state index contributed by atoms with van der Waals surface area (Å²) in [6, 6.07) is 10.5. The van der Waals surface area contributed by atoms with Gasteiger partial charge in [0.15, 0.2) is 17.5 Å². The minimum atomic E-state index is -1.34. The van der Waals surface area contributed by atoms with Gasteiger partial charge in [0.05, 0.1) is 0 Å². The first-order chi connectivity index (χ1) is 13.1. The van der Waals surface area contributed by atoms with E-state index in [1.165, 1.54) is 18.2 Å². The molecule has 2 aromatic carbocycles. The molecule has 0 fully saturated rings. The molecule has 0 radical (unpaired) electrons. The Morgan fingerprint density at radius 3 is 1.93 bits per heavy atom. The van der Waals surface area contributed by atoms with Crippen LogP contribution in [0.15, 0.2) is 48.5 Å². The number of benzene rings is 2. The molecule has 0 saturated carbocycles. The average Bonchev–Trinajstić information content (AvgIpc) is 2.63. The lowest BCUT2D eigenvalue weighted by Crippen LogP contribution is -2.38. The van der Waals surface area contributed by atoms with Gasteiger partial charge in [0, 0.05) is 6.42 Å². The van der Waals surface area contributed by atoms with Crippen molar-refractivity contribution in [3.8, 4) is 11.5 Å². The summed E-state index contributed by atoms with van der Waals surface area (Å²) in [4.78, 5) is 21.0. The quantitative estimate of drug-likeness (QED) is 0.262. The lowest BCUT2D eigenvalue weighted by molar-refractivity contribution is -0.327. The Morgan fingerprint density at radius 2 is 1.46 bits per heavy atom. The van der Waals surface area contributed by atoms with Crippen LogP contribution < -0.4 is 5.73 Å². The zero-order chi connectivity index (χ0) is 21.3. The molecule has 2 aromatic rings. The van der Waals surface area contributed by atoms with Crippen molar-refractivity contribution >= 4 is 11.9 Å². The van der Waals surface area contributed by atoms with Gasteiger partial charge in [-0.25, -0.2) is 0 Å². The smallest absolute Gasteiger partial charge is 0.326 e. The summed E-state index contributed by atoms with van der Waals surface area (Å²) in [5, 5.41) is 52.3. The van der Waals surface area contributed by atoms with Crippen molar-refractivity contribution in [3.63, 3.8) is 0 Å². The maximum Gasteiger partial charge on any atom is 0.326 e. The van der Waals surface area contributed by atoms with Crippen molar-refractivity contribution in [2.45, 2.75) is 24.9 Å². The van der Waals surface area contributed by atoms with Gasteiger partial charge in [-0.2, -0.15) is 0 Å². The number of hydrogen-bond acceptors (Lipinski definition) is 8. The number of nitrogens with zero attached hydrogens (tertiary/aromatic N) is 1. The molecule has 10 nitrogen and oxygen atoms in total. The van der Waals surface area contributed by atoms with Crippen molar-refractivity contribution in [2.24, 2.45) is 5.73 Å². The van der Waals surface area contributed by atoms with Crippen LogP contribution in [-0.4, -0.2) is 60.1 Å². The fourth-order valence-corrected chi connectivity index (χ4v) is 2.14. The van der Waals surface area contributed by atoms with E-state index in [4.69, 9.17) is 36.6 Å². The second kappa shape index (κ2) is 10.8. The van der Waals surface area contributed by atoms with Gasteiger partial charge >= 0.3 is 11.9 Å². The number of aliphatic carboxylic acids is 2. The fraction of sp³-hybridized carbons (Fsp3) is 0.222. The van der Waals surface area contributed by atoms with Gasteiger partial charge in [0.2, 0.25) is 0 Å². The Balaban J connectivity index is 0.000000280. The first kappa shape index (κ1) is 22.9. The third-order valence-electron chi connectivity index (χ3n) is 3.65. The Hall–Kier alpha value is -3.18. The largest absolute Gasteiger partial charge is 0.504 e. The van der Waals surface area contributed by atoms with Crippen LogP contribution >= 0.6 is 0 Å². The minimum Gasteiger partial charge on any atom is -0.504 e. The van der Waals surface area contributed by atoms with Crippen LogP contribution in [-0.2, 0) is 22.4 Å². The van der Waals surface area contributed by atoms with Crippen LogP contribution in [0.3, 0.4) is 0 Å². The van der Waals surface area contributed by atoms with Crippen molar-refractivity contribution < 1.29 is 40.4 Å². The van der Waals surface area contributed by atoms with Gasteiger partial charge in [-0.1, -0.05) is 41.6 Å². The van der Waals surface area contributed by atoms with Gasteiger partial charge in [0.1, 0.15) is 6.04 Å². The molecular formula is C18H22N2O8. The summed E-state index contributed by atoms with van der Waals surface area (Å²) in [6.07, 6.45) is 0.159. The SMILES string of the molecule is NC(Cc1ccc(O)c(O)c1)C(=O)O.O=C(O)C(Cc1ccccc1)N(O)O. The van der Waals surface area contributed by atoms with Gasteiger partial charge in [-0.3, -0.25) is 20.0 Å². The minimum absolute atomic E-state index is 0.0448. The van der Waals surface area contributed by atoms with E-state index < -0.39 is 24.0 Å². The van der Waals surface area contributed by atoms with Crippen LogP contribution in [0.1, 0.15) is 11.1 Å². The first-order valence-corrected chi connectivity index (χ1v) is 8.04. The first-order valence-electron chi connectivity index (χ1n) is 8.04. The summed E-state index contributed by atoms with van der Waals surface area (Å²) in [5.74, 6) is -2.89. The molecule has 0 heterocycles. The van der Waals surface area contributed by atoms with E-state index in [0.717, 1.165) is 5.56 Å². The Morgan fingerprint density at radius 1 is 0.857 bits per heavy atom. The number of phenols is 2. The number of aromatic hydroxyl groups is 2. The molecule has 0 amide bonds. The van der Waals surface area contributed by atoms with Crippen molar-refractivity contribution in [1.29, 1.82) is 0 Å². The number of carboxylic acid groups (broad SMARTS) is 2. The zero-order valence-electron chi connectivity index (χ0n) is 14.7. The number of nitrogens with two attached hydrogens (primary N) is 1. The number of hydroxylamine groups is 2. The van der Waals surface area contributed by atoms with E-state index >= 15 is 0 Å². The lowest BCUT2D eigenvalue weighted by atomic mass is 10.1. The number of hydrogen-bond donors (Lipinski definition) is 7. The summed E-state index contributed by atoms with van der Waals surface area (Å²) in [7, 11) is 0. The van der Waals surface area contributed by atoms with E-state index in [0.29, 0.717) is 5.56 Å². The van der Waals surface area contributed by atoms with Crippen molar-refractivity contribution in [2.75, 3.05) is 0 Å². The molecule has 0 aliphatic rings. The van der Waals surface area contributed by atoms with Crippen LogP contribution in [0.4, 0.5) is 0 Å². The second-order valence-electron chi connectivity index (χ2n) is 5.84. The monoisotopic (exact) mass is 394 g/mol. The maximum atomic E-state index is 10.6. The molecule has 0 spiro atoms. The summed E-state index contributed by atoms with van der Waals surface area (Å²) >= 11 is 0. The summed E-state index contributed by atoms with van der Waals surface area (Å²) in [5.41, 5.74) is 6.59. The molecule has 152 valence electrons. The number of carboxylic acids is 2. The van der Waals surface area contributed by atoms with Crippen molar-refractivity contribution in [3.05, 3.63) is 59.7 Å². The zero-order valence-corrected chi connectivity index (χ0v) is 14.7. The average molecular weight is 394 g/mol. The molecule has 0 aromatic heterocycles. The van der Waals surface area contributed by atoms with Gasteiger partial charge in [0.25, 0.3) is 0 Å². The molecule has 0 bridgehead atoms. The Kier molecular flexibility index (Phi) is 8.85. The molecule has 0 saturated heterocycles. The van der Waals surface area contributed by atoms with Crippen LogP contribution in [0.25, 0.3) is 0 Å². The van der Waals surface area contributed by atoms with Crippen molar-refractivity contribution in [1.82, 2.24) is 5.23 Å². The summed E-state index contributed by atoms with van der Waals surface area (Å²) < 4.78 is 0. The molecule has 0 aliphatic carbocycles. The lowest BCUT2D eigenvalue weighted by Gasteiger charge is -2.15. The predicted octanol–water partition coefficient (Wildman–Crippen LogP) is 0.815. The molecule has 2 atom stereocenters. The Labute approximate surface area is 160 Å². The summed E-state index contributed by atoms with van der Waals surface area (Å²) in [6.45, 7) is 0. The predicted molar refractivity (Wildman–Crippen MR) is 96.1 cm³/mol. The van der Waals surface area contributed by atoms with Crippen LogP contribution in [0, 0.1) is 0 Å². The number of carbonyl (C=O) groups is 2. The highest BCUT2D eigenvalue weighted by Gasteiger charge is 2.23. The van der Waals surface area contributed by atoms with Crippen LogP contribution in [0.2, 0.25) is 0 Å². The standard InChI is InChI=1S/2C9H11NO4/c10-6(9(13)14)3-5-1-2-7(11)8(12)4-5;11-9(12)8(10(13)14)6-7-4-2-1-3-5-7/h1-2,4,6,11-12H,3,10H2,(H,13,14);1-5,8,13-14H,6H2,(H,11,12). The van der Waals surface area contributed by atoms with E-state index in [-0.39, 0.29) is 29.6 Å². The van der Waals surface area contributed by atoms with E-state index in [1.54, 1.807) is 30.3 Å². The number of rotatable bonds is 7. The topological polar surface area (TPSA) is 185 Å². The molecule has 2 rings (SSSR count). The Bertz CT molecular complexity index is 782. The molecule has 8 N–H and O–H groups in total. The molecule has 28 heavy (non-hydrogen) atoms. The molecule has 10 heteroatoms. The normalized spacial score (nSPS) is 12.6. The maximum absolute atomic E-state index is 10.6. The molecule has 0 aliphatic heterocycles. The highest BCUT2D eigenvalue weighted by molar-refractivity contribution is 5.74. The highest BCUT2D eigenvalue weighted by Crippen LogP contribution is 2.25. The van der Waals surface area contributed by atoms with Gasteiger partial charge < -0.3 is 26.2 Å². The van der Waals surface area contributed by atoms with Gasteiger partial charge in [-0.05, 0) is 29.7 Å². The van der Waals surface area contributed by atoms with E-state index in [9.17, 15) is 9.59 Å². The third kappa shape index (κ3) is 7.60. The van der Waals surface area contributed by atoms with Crippen LogP contribution in [0.5, 0.6) is 11.5 Å². The van der Waals surface area contributed by atoms with E-state index in [1.807, 2.05) is 0 Å². The molecule has 2 unspecified atom stereocenters. The van der Waals surface area contributed by atoms with E-state index in [2.05, 4.69) is 0 Å². The number of phenolic OH excluding ortho intramolecular Hbond substituents is 2. The molecular weight excluding hydrogens is 372 g/mol. The second-order valence-corrected chi connectivity index (χ2v) is 5.84. The third-order valence-corrected chi connectivity index (χ3v) is 3.65. The highest BCUT2D eigenvalue weighted by atomic mass is 16.8.